The van der Waals surface area contributed by atoms with E-state index in [-0.39, 0.29) is 24.1 Å². The highest BCUT2D eigenvalue weighted by Gasteiger charge is 2.09. The summed E-state index contributed by atoms with van der Waals surface area (Å²) < 4.78 is 5.39. The Morgan fingerprint density at radius 1 is 1.30 bits per heavy atom. The van der Waals surface area contributed by atoms with E-state index in [0.717, 1.165) is 0 Å². The second kappa shape index (κ2) is 8.16. The van der Waals surface area contributed by atoms with Crippen molar-refractivity contribution in [3.63, 3.8) is 0 Å². The lowest BCUT2D eigenvalue weighted by Crippen LogP contribution is -2.38. The highest BCUT2D eigenvalue weighted by molar-refractivity contribution is 5.90. The Morgan fingerprint density at radius 2 is 2.00 bits per heavy atom. The molecule has 0 aliphatic heterocycles. The van der Waals surface area contributed by atoms with E-state index < -0.39 is 5.97 Å². The van der Waals surface area contributed by atoms with E-state index in [0.29, 0.717) is 18.9 Å². The third-order valence-corrected chi connectivity index (χ3v) is 2.39. The van der Waals surface area contributed by atoms with Gasteiger partial charge in [0, 0.05) is 12.6 Å². The molecule has 0 saturated heterocycles. The van der Waals surface area contributed by atoms with E-state index >= 15 is 0 Å². The maximum absolute atomic E-state index is 11.3. The molecular weight excluding hydrogens is 260 g/mol. The van der Waals surface area contributed by atoms with Crippen LogP contribution >= 0.6 is 0 Å². The summed E-state index contributed by atoms with van der Waals surface area (Å²) in [6, 6.07) is 6.56. The Morgan fingerprint density at radius 3 is 2.65 bits per heavy atom. The van der Waals surface area contributed by atoms with E-state index in [2.05, 4.69) is 10.6 Å². The summed E-state index contributed by atoms with van der Waals surface area (Å²) in [6.07, 6.45) is 0. The summed E-state index contributed by atoms with van der Waals surface area (Å²) >= 11 is 0. The molecule has 3 N–H and O–H groups in total. The van der Waals surface area contributed by atoms with Crippen LogP contribution in [-0.2, 0) is 4.79 Å². The Balaban J connectivity index is 2.28. The van der Waals surface area contributed by atoms with Gasteiger partial charge in [0.25, 0.3) is 0 Å². The van der Waals surface area contributed by atoms with E-state index in [4.69, 9.17) is 9.84 Å². The number of nitrogens with one attached hydrogen (secondary N) is 2. The van der Waals surface area contributed by atoms with Gasteiger partial charge in [-0.1, -0.05) is 12.1 Å². The molecule has 0 fully saturated rings. The average Bonchev–Trinajstić information content (AvgIpc) is 2.37. The molecule has 1 rings (SSSR count). The van der Waals surface area contributed by atoms with Crippen LogP contribution in [0.25, 0.3) is 0 Å². The van der Waals surface area contributed by atoms with Gasteiger partial charge in [0.2, 0.25) is 5.91 Å². The topological polar surface area (TPSA) is 87.7 Å². The van der Waals surface area contributed by atoms with Crippen LogP contribution in [0, 0.1) is 0 Å². The summed E-state index contributed by atoms with van der Waals surface area (Å²) in [5.74, 6) is -0.774. The van der Waals surface area contributed by atoms with Gasteiger partial charge in [-0.2, -0.15) is 0 Å². The van der Waals surface area contributed by atoms with Crippen LogP contribution in [0.3, 0.4) is 0 Å². The van der Waals surface area contributed by atoms with Crippen molar-refractivity contribution < 1.29 is 19.4 Å². The Kier molecular flexibility index (Phi) is 6.52. The van der Waals surface area contributed by atoms with Gasteiger partial charge in [0.1, 0.15) is 17.9 Å². The molecule has 0 aliphatic carbocycles. The van der Waals surface area contributed by atoms with Crippen LogP contribution in [0.5, 0.6) is 5.75 Å². The minimum Gasteiger partial charge on any atom is -0.491 e. The zero-order valence-electron chi connectivity index (χ0n) is 11.7. The molecule has 0 atom stereocenters. The van der Waals surface area contributed by atoms with Gasteiger partial charge >= 0.3 is 5.97 Å². The SMILES string of the molecule is CC(C)NC(=O)CNCCOc1ccccc1C(=O)O. The van der Waals surface area contributed by atoms with Crippen molar-refractivity contribution in [2.45, 2.75) is 19.9 Å². The summed E-state index contributed by atoms with van der Waals surface area (Å²) in [7, 11) is 0. The number of para-hydroxylation sites is 1. The number of benzene rings is 1. The van der Waals surface area contributed by atoms with Gasteiger partial charge in [0.15, 0.2) is 0 Å². The fraction of sp³-hybridized carbons (Fsp3) is 0.429. The van der Waals surface area contributed by atoms with Gasteiger partial charge in [-0.25, -0.2) is 4.79 Å². The molecule has 0 spiro atoms. The molecule has 1 aromatic carbocycles. The molecule has 0 bridgehead atoms. The van der Waals surface area contributed by atoms with Crippen LogP contribution in [0.1, 0.15) is 24.2 Å². The zero-order valence-corrected chi connectivity index (χ0v) is 11.7. The molecule has 110 valence electrons. The molecular formula is C14H20N2O4. The predicted molar refractivity (Wildman–Crippen MR) is 75.0 cm³/mol. The quantitative estimate of drug-likeness (QED) is 0.615. The van der Waals surface area contributed by atoms with Gasteiger partial charge in [-0.15, -0.1) is 0 Å². The van der Waals surface area contributed by atoms with Crippen LogP contribution in [-0.4, -0.2) is 42.7 Å². The maximum Gasteiger partial charge on any atom is 0.339 e. The first kappa shape index (κ1) is 16.0. The minimum absolute atomic E-state index is 0.0778. The van der Waals surface area contributed by atoms with Crippen molar-refractivity contribution in [3.8, 4) is 5.75 Å². The number of amides is 1. The van der Waals surface area contributed by atoms with Gasteiger partial charge in [0.05, 0.1) is 6.54 Å². The number of aromatic carboxylic acids is 1. The molecule has 20 heavy (non-hydrogen) atoms. The molecule has 0 aromatic heterocycles. The zero-order chi connectivity index (χ0) is 15.0. The molecule has 0 radical (unpaired) electrons. The summed E-state index contributed by atoms with van der Waals surface area (Å²) in [4.78, 5) is 22.3. The smallest absolute Gasteiger partial charge is 0.339 e. The maximum atomic E-state index is 11.3. The number of ether oxygens (including phenoxy) is 1. The number of rotatable bonds is 8. The standard InChI is InChI=1S/C14H20N2O4/c1-10(2)16-13(17)9-15-7-8-20-12-6-4-3-5-11(12)14(18)19/h3-6,10,15H,7-9H2,1-2H3,(H,16,17)(H,18,19). The van der Waals surface area contributed by atoms with Crippen molar-refractivity contribution in [1.82, 2.24) is 10.6 Å². The second-order valence-electron chi connectivity index (χ2n) is 4.55. The number of carbonyl (C=O) groups excluding carboxylic acids is 1. The third kappa shape index (κ3) is 5.71. The monoisotopic (exact) mass is 280 g/mol. The number of carboxylic acid groups (broad SMARTS) is 1. The lowest BCUT2D eigenvalue weighted by molar-refractivity contribution is -0.120. The van der Waals surface area contributed by atoms with Gasteiger partial charge < -0.3 is 20.5 Å². The van der Waals surface area contributed by atoms with E-state index in [1.165, 1.54) is 6.07 Å². The summed E-state index contributed by atoms with van der Waals surface area (Å²) in [5.41, 5.74) is 0.130. The Bertz CT molecular complexity index is 460. The van der Waals surface area contributed by atoms with E-state index in [9.17, 15) is 9.59 Å². The molecule has 0 saturated carbocycles. The number of hydrogen-bond acceptors (Lipinski definition) is 4. The number of hydrogen-bond donors (Lipinski definition) is 3. The number of carbonyl (C=O) groups is 2. The second-order valence-corrected chi connectivity index (χ2v) is 4.55. The largest absolute Gasteiger partial charge is 0.491 e. The molecule has 0 aliphatic rings. The molecule has 1 aromatic rings. The van der Waals surface area contributed by atoms with Crippen molar-refractivity contribution in [1.29, 1.82) is 0 Å². The first-order chi connectivity index (χ1) is 9.50. The Hall–Kier alpha value is -2.08. The van der Waals surface area contributed by atoms with Crippen LogP contribution < -0.4 is 15.4 Å². The van der Waals surface area contributed by atoms with E-state index in [1.807, 2.05) is 13.8 Å². The van der Waals surface area contributed by atoms with Crippen molar-refractivity contribution in [2.75, 3.05) is 19.7 Å². The van der Waals surface area contributed by atoms with Crippen LogP contribution in [0.4, 0.5) is 0 Å². The first-order valence-corrected chi connectivity index (χ1v) is 6.46. The van der Waals surface area contributed by atoms with Crippen LogP contribution in [0.15, 0.2) is 24.3 Å². The summed E-state index contributed by atoms with van der Waals surface area (Å²) in [6.45, 7) is 4.74. The highest BCUT2D eigenvalue weighted by Crippen LogP contribution is 2.17. The van der Waals surface area contributed by atoms with Gasteiger partial charge in [-0.3, -0.25) is 4.79 Å². The van der Waals surface area contributed by atoms with Crippen molar-refractivity contribution >= 4 is 11.9 Å². The minimum atomic E-state index is -1.02. The van der Waals surface area contributed by atoms with E-state index in [1.54, 1.807) is 18.2 Å². The van der Waals surface area contributed by atoms with Crippen LogP contribution in [0.2, 0.25) is 0 Å². The fourth-order valence-electron chi connectivity index (χ4n) is 1.58. The van der Waals surface area contributed by atoms with Crippen molar-refractivity contribution in [2.24, 2.45) is 0 Å². The predicted octanol–water partition coefficient (Wildman–Crippen LogP) is 0.878. The molecule has 1 amide bonds. The molecule has 0 heterocycles. The van der Waals surface area contributed by atoms with Gasteiger partial charge in [-0.05, 0) is 26.0 Å². The fourth-order valence-corrected chi connectivity index (χ4v) is 1.58. The molecule has 6 heteroatoms. The Labute approximate surface area is 118 Å². The molecule has 0 unspecified atom stereocenters. The average molecular weight is 280 g/mol. The highest BCUT2D eigenvalue weighted by atomic mass is 16.5. The normalized spacial score (nSPS) is 10.3. The molecule has 6 nitrogen and oxygen atoms in total. The third-order valence-electron chi connectivity index (χ3n) is 2.39. The lowest BCUT2D eigenvalue weighted by atomic mass is 10.2. The first-order valence-electron chi connectivity index (χ1n) is 6.46. The summed E-state index contributed by atoms with van der Waals surface area (Å²) in [5, 5.41) is 14.7. The van der Waals surface area contributed by atoms with Crippen molar-refractivity contribution in [3.05, 3.63) is 29.8 Å². The number of carboxylic acids is 1. The lowest BCUT2D eigenvalue weighted by Gasteiger charge is -2.11.